The van der Waals surface area contributed by atoms with Gasteiger partial charge in [0.1, 0.15) is 18.1 Å². The van der Waals surface area contributed by atoms with Gasteiger partial charge in [0.05, 0.1) is 18.5 Å². The molecule has 0 atom stereocenters. The van der Waals surface area contributed by atoms with Gasteiger partial charge in [-0.2, -0.15) is 0 Å². The van der Waals surface area contributed by atoms with E-state index < -0.39 is 0 Å². The molecule has 0 amide bonds. The Hall–Kier alpha value is -3.66. The molecule has 29 heavy (non-hydrogen) atoms. The fourth-order valence-electron chi connectivity index (χ4n) is 3.20. The van der Waals surface area contributed by atoms with Crippen LogP contribution in [0.1, 0.15) is 17.0 Å². The monoisotopic (exact) mass is 382 g/mol. The van der Waals surface area contributed by atoms with Crippen LogP contribution in [0.4, 0.5) is 0 Å². The zero-order valence-corrected chi connectivity index (χ0v) is 16.3. The van der Waals surface area contributed by atoms with Crippen LogP contribution in [0.2, 0.25) is 0 Å². The average molecular weight is 382 g/mol. The first-order chi connectivity index (χ1) is 14.3. The Morgan fingerprint density at radius 3 is 2.34 bits per heavy atom. The summed E-state index contributed by atoms with van der Waals surface area (Å²) in [7, 11) is 1.69. The summed E-state index contributed by atoms with van der Waals surface area (Å²) in [6.45, 7) is 0.445. The van der Waals surface area contributed by atoms with Crippen molar-refractivity contribution in [3.63, 3.8) is 0 Å². The maximum atomic E-state index is 5.76. The van der Waals surface area contributed by atoms with Crippen LogP contribution in [-0.4, -0.2) is 17.1 Å². The Morgan fingerprint density at radius 2 is 1.55 bits per heavy atom. The zero-order valence-electron chi connectivity index (χ0n) is 16.3. The first-order valence-corrected chi connectivity index (χ1v) is 9.52. The van der Waals surface area contributed by atoms with E-state index in [4.69, 9.17) is 9.47 Å². The molecular weight excluding hydrogens is 360 g/mol. The molecule has 4 nitrogen and oxygen atoms in total. The summed E-state index contributed by atoms with van der Waals surface area (Å²) in [6.07, 6.45) is 4.41. The molecule has 4 aromatic rings. The number of hydrogen-bond donors (Lipinski definition) is 0. The van der Waals surface area contributed by atoms with E-state index in [9.17, 15) is 0 Å². The Morgan fingerprint density at radius 1 is 0.759 bits per heavy atom. The maximum absolute atomic E-state index is 5.76. The number of rotatable bonds is 7. The van der Waals surface area contributed by atoms with E-state index in [1.165, 1.54) is 0 Å². The van der Waals surface area contributed by atoms with Crippen molar-refractivity contribution in [1.82, 2.24) is 9.97 Å². The van der Waals surface area contributed by atoms with Gasteiger partial charge in [-0.15, -0.1) is 0 Å². The smallest absolute Gasteiger partial charge is 0.130 e. The third-order valence-corrected chi connectivity index (χ3v) is 4.67. The first-order valence-electron chi connectivity index (χ1n) is 9.52. The van der Waals surface area contributed by atoms with Gasteiger partial charge in [0.25, 0.3) is 0 Å². The largest absolute Gasteiger partial charge is 0.496 e. The van der Waals surface area contributed by atoms with Gasteiger partial charge in [-0.25, -0.2) is 0 Å². The second-order valence-corrected chi connectivity index (χ2v) is 6.63. The van der Waals surface area contributed by atoms with Crippen LogP contribution in [-0.2, 0) is 13.0 Å². The van der Waals surface area contributed by atoms with E-state index in [-0.39, 0.29) is 0 Å². The lowest BCUT2D eigenvalue weighted by Gasteiger charge is -2.12. The summed E-state index contributed by atoms with van der Waals surface area (Å²) in [5.74, 6) is 1.68. The molecule has 4 rings (SSSR count). The summed E-state index contributed by atoms with van der Waals surface area (Å²) in [4.78, 5) is 9.16. The molecule has 2 heterocycles. The third-order valence-electron chi connectivity index (χ3n) is 4.67. The minimum atomic E-state index is 0.445. The number of nitrogens with zero attached hydrogens (tertiary/aromatic N) is 2. The minimum absolute atomic E-state index is 0.445. The van der Waals surface area contributed by atoms with Gasteiger partial charge in [0.15, 0.2) is 0 Å². The summed E-state index contributed by atoms with van der Waals surface area (Å²) in [5, 5.41) is 0. The van der Waals surface area contributed by atoms with E-state index in [0.29, 0.717) is 13.0 Å². The van der Waals surface area contributed by atoms with Crippen molar-refractivity contribution in [2.75, 3.05) is 7.11 Å². The number of ether oxygens (including phenoxy) is 2. The topological polar surface area (TPSA) is 44.2 Å². The van der Waals surface area contributed by atoms with E-state index in [2.05, 4.69) is 28.2 Å². The van der Waals surface area contributed by atoms with Crippen molar-refractivity contribution in [2.24, 2.45) is 0 Å². The predicted octanol–water partition coefficient (Wildman–Crippen LogP) is 5.32. The highest BCUT2D eigenvalue weighted by molar-refractivity contribution is 5.72. The number of para-hydroxylation sites is 2. The lowest BCUT2D eigenvalue weighted by atomic mass is 9.99. The molecule has 0 saturated heterocycles. The van der Waals surface area contributed by atoms with Gasteiger partial charge in [0.2, 0.25) is 0 Å². The molecule has 144 valence electrons. The Labute approximate surface area is 170 Å². The highest BCUT2D eigenvalue weighted by Gasteiger charge is 2.11. The van der Waals surface area contributed by atoms with Crippen molar-refractivity contribution >= 4 is 0 Å². The SMILES string of the molecule is COc1ccccc1-c1cccnc1Cc1ccc(COc2ccccc2)nc1. The van der Waals surface area contributed by atoms with E-state index in [1.807, 2.05) is 73.1 Å². The molecule has 0 bridgehead atoms. The molecule has 0 saturated carbocycles. The van der Waals surface area contributed by atoms with Gasteiger partial charge in [-0.05, 0) is 35.9 Å². The summed E-state index contributed by atoms with van der Waals surface area (Å²) in [5.41, 5.74) is 5.10. The molecule has 0 aliphatic heterocycles. The molecule has 0 aliphatic carbocycles. The van der Waals surface area contributed by atoms with Crippen LogP contribution in [0.5, 0.6) is 11.5 Å². The minimum Gasteiger partial charge on any atom is -0.496 e. The lowest BCUT2D eigenvalue weighted by Crippen LogP contribution is -2.01. The molecule has 0 fully saturated rings. The highest BCUT2D eigenvalue weighted by Crippen LogP contribution is 2.32. The van der Waals surface area contributed by atoms with Gasteiger partial charge < -0.3 is 9.47 Å². The number of methoxy groups -OCH3 is 1. The second-order valence-electron chi connectivity index (χ2n) is 6.63. The molecule has 2 aromatic heterocycles. The fourth-order valence-corrected chi connectivity index (χ4v) is 3.20. The van der Waals surface area contributed by atoms with Crippen molar-refractivity contribution in [1.29, 1.82) is 0 Å². The predicted molar refractivity (Wildman–Crippen MR) is 114 cm³/mol. The summed E-state index contributed by atoms with van der Waals surface area (Å²) < 4.78 is 11.3. The van der Waals surface area contributed by atoms with Gasteiger partial charge >= 0.3 is 0 Å². The molecule has 0 spiro atoms. The Balaban J connectivity index is 1.50. The molecule has 2 aromatic carbocycles. The van der Waals surface area contributed by atoms with Gasteiger partial charge in [-0.1, -0.05) is 48.5 Å². The van der Waals surface area contributed by atoms with Gasteiger partial charge in [0, 0.05) is 29.9 Å². The van der Waals surface area contributed by atoms with Crippen molar-refractivity contribution in [3.8, 4) is 22.6 Å². The normalized spacial score (nSPS) is 10.5. The average Bonchev–Trinajstić information content (AvgIpc) is 2.80. The molecule has 0 aliphatic rings. The lowest BCUT2D eigenvalue weighted by molar-refractivity contribution is 0.301. The number of pyridine rings is 2. The standard InChI is InChI=1S/C25H22N2O2/c1-28-25-12-6-5-10-23(25)22-11-7-15-26-24(22)16-19-13-14-20(27-17-19)18-29-21-8-3-2-4-9-21/h2-15,17H,16,18H2,1H3. The van der Waals surface area contributed by atoms with Crippen LogP contribution in [0.25, 0.3) is 11.1 Å². The van der Waals surface area contributed by atoms with E-state index in [1.54, 1.807) is 7.11 Å². The molecule has 4 heteroatoms. The second kappa shape index (κ2) is 9.02. The Kier molecular flexibility index (Phi) is 5.81. The number of benzene rings is 2. The van der Waals surface area contributed by atoms with E-state index >= 15 is 0 Å². The zero-order chi connectivity index (χ0) is 19.9. The van der Waals surface area contributed by atoms with Crippen molar-refractivity contribution in [2.45, 2.75) is 13.0 Å². The number of aromatic nitrogens is 2. The molecular formula is C25H22N2O2. The fraction of sp³-hybridized carbons (Fsp3) is 0.120. The van der Waals surface area contributed by atoms with Gasteiger partial charge in [-0.3, -0.25) is 9.97 Å². The van der Waals surface area contributed by atoms with Crippen molar-refractivity contribution < 1.29 is 9.47 Å². The van der Waals surface area contributed by atoms with Crippen molar-refractivity contribution in [3.05, 3.63) is 108 Å². The summed E-state index contributed by atoms with van der Waals surface area (Å²) >= 11 is 0. The summed E-state index contributed by atoms with van der Waals surface area (Å²) in [6, 6.07) is 25.9. The molecule has 0 radical (unpaired) electrons. The molecule has 0 unspecified atom stereocenters. The third kappa shape index (κ3) is 4.61. The first kappa shape index (κ1) is 18.7. The Bertz CT molecular complexity index is 1060. The van der Waals surface area contributed by atoms with Crippen LogP contribution in [0.15, 0.2) is 91.3 Å². The van der Waals surface area contributed by atoms with E-state index in [0.717, 1.165) is 39.6 Å². The van der Waals surface area contributed by atoms with Crippen LogP contribution in [0.3, 0.4) is 0 Å². The van der Waals surface area contributed by atoms with Crippen LogP contribution >= 0.6 is 0 Å². The van der Waals surface area contributed by atoms with Crippen LogP contribution < -0.4 is 9.47 Å². The number of hydrogen-bond acceptors (Lipinski definition) is 4. The quantitative estimate of drug-likeness (QED) is 0.434. The van der Waals surface area contributed by atoms with Crippen LogP contribution in [0, 0.1) is 0 Å². The molecule has 0 N–H and O–H groups in total. The highest BCUT2D eigenvalue weighted by atomic mass is 16.5. The maximum Gasteiger partial charge on any atom is 0.130 e.